The van der Waals surface area contributed by atoms with Crippen molar-refractivity contribution in [3.8, 4) is 0 Å². The molecular weight excluding hydrogens is 316 g/mol. The Balaban J connectivity index is 2.15. The summed E-state index contributed by atoms with van der Waals surface area (Å²) >= 11 is 6.47. The fourth-order valence-electron chi connectivity index (χ4n) is 1.74. The number of fused-ring (bicyclic) bond motifs is 1. The van der Waals surface area contributed by atoms with E-state index in [2.05, 4.69) is 15.9 Å². The van der Waals surface area contributed by atoms with Crippen LogP contribution in [-0.2, 0) is 0 Å². The van der Waals surface area contributed by atoms with Crippen molar-refractivity contribution in [1.29, 1.82) is 0 Å². The van der Waals surface area contributed by atoms with E-state index in [1.54, 1.807) is 11.3 Å². The van der Waals surface area contributed by atoms with E-state index in [1.807, 2.05) is 41.8 Å². The van der Waals surface area contributed by atoms with Crippen molar-refractivity contribution in [2.45, 2.75) is 0 Å². The maximum atomic E-state index is 12.4. The van der Waals surface area contributed by atoms with Crippen LogP contribution in [0.1, 0.15) is 15.2 Å². The molecule has 0 N–H and O–H groups in total. The third kappa shape index (κ3) is 1.97. The van der Waals surface area contributed by atoms with Gasteiger partial charge >= 0.3 is 0 Å². The summed E-state index contributed by atoms with van der Waals surface area (Å²) in [5.74, 6) is 0.105. The Labute approximate surface area is 115 Å². The lowest BCUT2D eigenvalue weighted by Gasteiger charge is -1.99. The zero-order valence-electron chi connectivity index (χ0n) is 8.64. The summed E-state index contributed by atoms with van der Waals surface area (Å²) in [5.41, 5.74) is 0.798. The number of hydrogen-bond donors (Lipinski definition) is 0. The molecule has 4 heteroatoms. The zero-order valence-corrected chi connectivity index (χ0v) is 11.9. The normalized spacial score (nSPS) is 10.9. The van der Waals surface area contributed by atoms with Gasteiger partial charge in [-0.25, -0.2) is 0 Å². The molecule has 0 amide bonds. The quantitative estimate of drug-likeness (QED) is 0.610. The van der Waals surface area contributed by atoms with Crippen LogP contribution >= 0.6 is 38.6 Å². The predicted octanol–water partition coefficient (Wildman–Crippen LogP) is 4.96. The van der Waals surface area contributed by atoms with Crippen LogP contribution in [0.15, 0.2) is 45.6 Å². The SMILES string of the molecule is O=C(c1ccc(Br)s1)c1cccc2ccsc12. The van der Waals surface area contributed by atoms with E-state index in [0.717, 1.165) is 24.3 Å². The number of hydrogen-bond acceptors (Lipinski definition) is 3. The minimum Gasteiger partial charge on any atom is -0.288 e. The molecular formula is C13H7BrOS2. The zero-order chi connectivity index (χ0) is 11.8. The Kier molecular flexibility index (Phi) is 2.86. The summed E-state index contributed by atoms with van der Waals surface area (Å²) in [4.78, 5) is 13.1. The van der Waals surface area contributed by atoms with Crippen LogP contribution in [0.3, 0.4) is 0 Å². The van der Waals surface area contributed by atoms with Crippen molar-refractivity contribution in [3.05, 3.63) is 56.0 Å². The maximum Gasteiger partial charge on any atom is 0.204 e. The second-order valence-electron chi connectivity index (χ2n) is 3.58. The summed E-state index contributed by atoms with van der Waals surface area (Å²) in [6.45, 7) is 0. The number of thiophene rings is 2. The van der Waals surface area contributed by atoms with Crippen LogP contribution in [0.4, 0.5) is 0 Å². The van der Waals surface area contributed by atoms with E-state index < -0.39 is 0 Å². The van der Waals surface area contributed by atoms with Gasteiger partial charge in [0.2, 0.25) is 5.78 Å². The Morgan fingerprint density at radius 3 is 2.76 bits per heavy atom. The van der Waals surface area contributed by atoms with Crippen molar-refractivity contribution < 1.29 is 4.79 Å². The highest BCUT2D eigenvalue weighted by atomic mass is 79.9. The Hall–Kier alpha value is -0.970. The fraction of sp³-hybridized carbons (Fsp3) is 0. The molecule has 0 saturated heterocycles. The molecule has 0 bridgehead atoms. The number of carbonyl (C=O) groups excluding carboxylic acids is 1. The molecule has 0 atom stereocenters. The summed E-state index contributed by atoms with van der Waals surface area (Å²) in [7, 11) is 0. The summed E-state index contributed by atoms with van der Waals surface area (Å²) in [6, 6.07) is 11.7. The second kappa shape index (κ2) is 4.37. The van der Waals surface area contributed by atoms with Gasteiger partial charge < -0.3 is 0 Å². The maximum absolute atomic E-state index is 12.4. The average molecular weight is 323 g/mol. The Morgan fingerprint density at radius 2 is 2.00 bits per heavy atom. The van der Waals surface area contributed by atoms with Gasteiger partial charge in [0.1, 0.15) is 0 Å². The molecule has 3 rings (SSSR count). The molecule has 0 radical (unpaired) electrons. The predicted molar refractivity (Wildman–Crippen MR) is 77.3 cm³/mol. The van der Waals surface area contributed by atoms with E-state index in [0.29, 0.717) is 0 Å². The molecule has 0 aliphatic heterocycles. The molecule has 1 aromatic carbocycles. The molecule has 0 unspecified atom stereocenters. The monoisotopic (exact) mass is 322 g/mol. The number of benzene rings is 1. The van der Waals surface area contributed by atoms with Gasteiger partial charge in [-0.1, -0.05) is 12.1 Å². The van der Waals surface area contributed by atoms with Crippen molar-refractivity contribution in [1.82, 2.24) is 0 Å². The minimum absolute atomic E-state index is 0.105. The lowest BCUT2D eigenvalue weighted by Crippen LogP contribution is -1.97. The number of ketones is 1. The topological polar surface area (TPSA) is 17.1 Å². The van der Waals surface area contributed by atoms with Crippen LogP contribution < -0.4 is 0 Å². The lowest BCUT2D eigenvalue weighted by molar-refractivity contribution is 0.104. The molecule has 0 aliphatic carbocycles. The fourth-order valence-corrected chi connectivity index (χ4v) is 3.99. The molecule has 17 heavy (non-hydrogen) atoms. The van der Waals surface area contributed by atoms with Crippen LogP contribution in [0.5, 0.6) is 0 Å². The molecule has 0 fully saturated rings. The summed E-state index contributed by atoms with van der Waals surface area (Å²) < 4.78 is 2.06. The Bertz CT molecular complexity index is 696. The van der Waals surface area contributed by atoms with Crippen LogP contribution in [0.2, 0.25) is 0 Å². The first kappa shape index (κ1) is 11.1. The molecule has 2 heterocycles. The van der Waals surface area contributed by atoms with Crippen molar-refractivity contribution in [2.75, 3.05) is 0 Å². The lowest BCUT2D eigenvalue weighted by atomic mass is 10.1. The van der Waals surface area contributed by atoms with Gasteiger partial charge in [-0.15, -0.1) is 22.7 Å². The smallest absolute Gasteiger partial charge is 0.204 e. The van der Waals surface area contributed by atoms with Crippen molar-refractivity contribution >= 4 is 54.5 Å². The molecule has 0 spiro atoms. The number of carbonyl (C=O) groups is 1. The largest absolute Gasteiger partial charge is 0.288 e. The number of rotatable bonds is 2. The number of halogens is 1. The van der Waals surface area contributed by atoms with E-state index in [-0.39, 0.29) is 5.78 Å². The van der Waals surface area contributed by atoms with Crippen LogP contribution in [0, 0.1) is 0 Å². The molecule has 84 valence electrons. The molecule has 0 saturated carbocycles. The van der Waals surface area contributed by atoms with Crippen LogP contribution in [-0.4, -0.2) is 5.78 Å². The second-order valence-corrected chi connectivity index (χ2v) is 6.96. The van der Waals surface area contributed by atoms with E-state index in [4.69, 9.17) is 0 Å². The van der Waals surface area contributed by atoms with Gasteiger partial charge in [-0.3, -0.25) is 4.79 Å². The van der Waals surface area contributed by atoms with E-state index >= 15 is 0 Å². The van der Waals surface area contributed by atoms with Crippen molar-refractivity contribution in [2.24, 2.45) is 0 Å². The third-order valence-electron chi connectivity index (χ3n) is 2.52. The van der Waals surface area contributed by atoms with Gasteiger partial charge in [0.05, 0.1) is 8.66 Å². The average Bonchev–Trinajstić information content (AvgIpc) is 2.95. The minimum atomic E-state index is 0.105. The Morgan fingerprint density at radius 1 is 1.12 bits per heavy atom. The first-order valence-electron chi connectivity index (χ1n) is 5.02. The molecule has 3 aromatic rings. The highest BCUT2D eigenvalue weighted by Crippen LogP contribution is 2.29. The van der Waals surface area contributed by atoms with Gasteiger partial charge in [0, 0.05) is 10.3 Å². The standard InChI is InChI=1S/C13H7BrOS2/c14-11-5-4-10(17-11)12(15)9-3-1-2-8-6-7-16-13(8)9/h1-7H. The van der Waals surface area contributed by atoms with Crippen molar-refractivity contribution in [3.63, 3.8) is 0 Å². The van der Waals surface area contributed by atoms with Gasteiger partial charge in [0.25, 0.3) is 0 Å². The highest BCUT2D eigenvalue weighted by Gasteiger charge is 2.14. The van der Waals surface area contributed by atoms with Gasteiger partial charge in [0.15, 0.2) is 0 Å². The van der Waals surface area contributed by atoms with Gasteiger partial charge in [-0.05, 0) is 51.0 Å². The van der Waals surface area contributed by atoms with E-state index in [1.165, 1.54) is 11.3 Å². The summed E-state index contributed by atoms with van der Waals surface area (Å²) in [5, 5.41) is 3.16. The molecule has 0 aliphatic rings. The van der Waals surface area contributed by atoms with Gasteiger partial charge in [-0.2, -0.15) is 0 Å². The third-order valence-corrected chi connectivity index (χ3v) is 5.11. The first-order valence-corrected chi connectivity index (χ1v) is 7.51. The molecule has 2 aromatic heterocycles. The highest BCUT2D eigenvalue weighted by molar-refractivity contribution is 9.11. The first-order chi connectivity index (χ1) is 8.25. The summed E-state index contributed by atoms with van der Waals surface area (Å²) in [6.07, 6.45) is 0. The van der Waals surface area contributed by atoms with E-state index in [9.17, 15) is 4.79 Å². The van der Waals surface area contributed by atoms with Crippen LogP contribution in [0.25, 0.3) is 10.1 Å². The molecule has 1 nitrogen and oxygen atoms in total.